The Kier molecular flexibility index (Phi) is 1.53. The van der Waals surface area contributed by atoms with E-state index in [0.29, 0.717) is 12.1 Å². The predicted molar refractivity (Wildman–Crippen MR) is 45.5 cm³/mol. The van der Waals surface area contributed by atoms with Gasteiger partial charge in [0.15, 0.2) is 0 Å². The van der Waals surface area contributed by atoms with Gasteiger partial charge in [-0.25, -0.2) is 0 Å². The van der Waals surface area contributed by atoms with Crippen molar-refractivity contribution in [2.75, 3.05) is 0 Å². The molecule has 0 saturated carbocycles. The molecule has 0 aliphatic carbocycles. The van der Waals surface area contributed by atoms with E-state index in [4.69, 9.17) is 0 Å². The van der Waals surface area contributed by atoms with Crippen LogP contribution in [-0.2, 0) is 6.54 Å². The van der Waals surface area contributed by atoms with Crippen molar-refractivity contribution in [2.45, 2.75) is 6.54 Å². The molecule has 0 fully saturated rings. The van der Waals surface area contributed by atoms with Crippen molar-refractivity contribution in [3.05, 3.63) is 33.8 Å². The number of hydrogen-bond donors (Lipinski definition) is 0. The summed E-state index contributed by atoms with van der Waals surface area (Å²) in [6.45, 7) is 0.481. The topological polar surface area (TPSA) is 12.4 Å². The standard InChI is InChI=1S/C8H5BrFN/c9-6-2-1-5-4-11-8(10)7(5)3-6/h1-3H,4H2. The van der Waals surface area contributed by atoms with Gasteiger partial charge in [-0.1, -0.05) is 22.0 Å². The zero-order valence-corrected chi connectivity index (χ0v) is 7.23. The summed E-state index contributed by atoms with van der Waals surface area (Å²) in [6.07, 6.45) is 0. The van der Waals surface area contributed by atoms with Crippen molar-refractivity contribution < 1.29 is 4.39 Å². The zero-order valence-electron chi connectivity index (χ0n) is 5.64. The van der Waals surface area contributed by atoms with Crippen molar-refractivity contribution in [3.8, 4) is 0 Å². The van der Waals surface area contributed by atoms with E-state index in [1.54, 1.807) is 6.07 Å². The van der Waals surface area contributed by atoms with E-state index in [-0.39, 0.29) is 5.97 Å². The van der Waals surface area contributed by atoms with Gasteiger partial charge in [-0.15, -0.1) is 0 Å². The van der Waals surface area contributed by atoms with Crippen LogP contribution < -0.4 is 0 Å². The average Bonchev–Trinajstić information content (AvgIpc) is 2.33. The summed E-state index contributed by atoms with van der Waals surface area (Å²) in [4.78, 5) is 3.67. The van der Waals surface area contributed by atoms with Crippen LogP contribution in [0.25, 0.3) is 0 Å². The maximum absolute atomic E-state index is 12.8. The van der Waals surface area contributed by atoms with Gasteiger partial charge in [0, 0.05) is 10.0 Å². The van der Waals surface area contributed by atoms with E-state index in [1.807, 2.05) is 12.1 Å². The van der Waals surface area contributed by atoms with Crippen LogP contribution in [0.15, 0.2) is 27.7 Å². The Hall–Kier alpha value is -0.700. The maximum atomic E-state index is 12.8. The lowest BCUT2D eigenvalue weighted by atomic mass is 10.1. The highest BCUT2D eigenvalue weighted by atomic mass is 79.9. The number of rotatable bonds is 0. The summed E-state index contributed by atoms with van der Waals surface area (Å²) < 4.78 is 13.7. The lowest BCUT2D eigenvalue weighted by molar-refractivity contribution is 0.805. The number of benzene rings is 1. The van der Waals surface area contributed by atoms with Crippen molar-refractivity contribution in [1.82, 2.24) is 0 Å². The second-order valence-corrected chi connectivity index (χ2v) is 3.32. The Morgan fingerprint density at radius 2 is 2.27 bits per heavy atom. The summed E-state index contributed by atoms with van der Waals surface area (Å²) in [6, 6.07) is 5.53. The molecular formula is C8H5BrFN. The van der Waals surface area contributed by atoms with E-state index in [1.165, 1.54) is 0 Å². The lowest BCUT2D eigenvalue weighted by Crippen LogP contribution is -1.88. The first-order chi connectivity index (χ1) is 5.27. The van der Waals surface area contributed by atoms with E-state index >= 15 is 0 Å². The molecule has 0 radical (unpaired) electrons. The molecule has 0 atom stereocenters. The minimum Gasteiger partial charge on any atom is -0.253 e. The normalized spacial score (nSPS) is 14.5. The van der Waals surface area contributed by atoms with Crippen LogP contribution in [0.5, 0.6) is 0 Å². The summed E-state index contributed by atoms with van der Waals surface area (Å²) in [5, 5.41) is 0. The van der Waals surface area contributed by atoms with Crippen molar-refractivity contribution >= 4 is 21.9 Å². The molecule has 56 valence electrons. The molecule has 1 aliphatic heterocycles. The molecule has 1 aliphatic rings. The number of hydrogen-bond acceptors (Lipinski definition) is 1. The molecule has 0 spiro atoms. The van der Waals surface area contributed by atoms with Gasteiger partial charge in [0.25, 0.3) is 0 Å². The number of nitrogens with zero attached hydrogens (tertiary/aromatic N) is 1. The van der Waals surface area contributed by atoms with Gasteiger partial charge in [-0.3, -0.25) is 4.99 Å². The van der Waals surface area contributed by atoms with E-state index in [9.17, 15) is 4.39 Å². The monoisotopic (exact) mass is 213 g/mol. The molecule has 0 bridgehead atoms. The lowest BCUT2D eigenvalue weighted by Gasteiger charge is -1.96. The fourth-order valence-electron chi connectivity index (χ4n) is 1.12. The van der Waals surface area contributed by atoms with E-state index in [2.05, 4.69) is 20.9 Å². The number of fused-ring (bicyclic) bond motifs is 1. The fourth-order valence-corrected chi connectivity index (χ4v) is 1.48. The fraction of sp³-hybridized carbons (Fsp3) is 0.125. The first kappa shape index (κ1) is 6.98. The third-order valence-electron chi connectivity index (χ3n) is 1.68. The van der Waals surface area contributed by atoms with Crippen molar-refractivity contribution in [3.63, 3.8) is 0 Å². The molecular weight excluding hydrogens is 209 g/mol. The highest BCUT2D eigenvalue weighted by Gasteiger charge is 2.14. The van der Waals surface area contributed by atoms with Gasteiger partial charge in [0.2, 0.25) is 5.97 Å². The molecule has 1 heterocycles. The molecule has 0 saturated heterocycles. The van der Waals surface area contributed by atoms with Crippen LogP contribution in [-0.4, -0.2) is 5.97 Å². The van der Waals surface area contributed by atoms with Crippen LogP contribution >= 0.6 is 15.9 Å². The van der Waals surface area contributed by atoms with Gasteiger partial charge < -0.3 is 0 Å². The highest BCUT2D eigenvalue weighted by molar-refractivity contribution is 9.10. The summed E-state index contributed by atoms with van der Waals surface area (Å²) in [7, 11) is 0. The second-order valence-electron chi connectivity index (χ2n) is 2.41. The van der Waals surface area contributed by atoms with Gasteiger partial charge in [-0.2, -0.15) is 4.39 Å². The molecule has 1 nitrogen and oxygen atoms in total. The SMILES string of the molecule is FC1=NCc2ccc(Br)cc21. The van der Waals surface area contributed by atoms with Gasteiger partial charge >= 0.3 is 0 Å². The average molecular weight is 214 g/mol. The van der Waals surface area contributed by atoms with Crippen LogP contribution in [0, 0.1) is 0 Å². The molecule has 0 unspecified atom stereocenters. The summed E-state index contributed by atoms with van der Waals surface area (Å²) >= 11 is 3.27. The second kappa shape index (κ2) is 2.41. The van der Waals surface area contributed by atoms with E-state index in [0.717, 1.165) is 10.0 Å². The largest absolute Gasteiger partial charge is 0.253 e. The molecule has 0 amide bonds. The predicted octanol–water partition coefficient (Wildman–Crippen LogP) is 2.68. The minimum absolute atomic E-state index is 0.346. The molecule has 11 heavy (non-hydrogen) atoms. The third kappa shape index (κ3) is 1.09. The van der Waals surface area contributed by atoms with Crippen molar-refractivity contribution in [1.29, 1.82) is 0 Å². The summed E-state index contributed by atoms with van der Waals surface area (Å²) in [5.74, 6) is -0.346. The Balaban J connectivity index is 2.60. The Bertz CT molecular complexity index is 333. The Morgan fingerprint density at radius 3 is 3.09 bits per heavy atom. The molecule has 1 aromatic rings. The minimum atomic E-state index is -0.346. The van der Waals surface area contributed by atoms with Crippen LogP contribution in [0.3, 0.4) is 0 Å². The quantitative estimate of drug-likeness (QED) is 0.629. The van der Waals surface area contributed by atoms with E-state index < -0.39 is 0 Å². The Morgan fingerprint density at radius 1 is 1.45 bits per heavy atom. The third-order valence-corrected chi connectivity index (χ3v) is 2.18. The van der Waals surface area contributed by atoms with Gasteiger partial charge in [-0.05, 0) is 17.7 Å². The van der Waals surface area contributed by atoms with Gasteiger partial charge in [0.1, 0.15) is 0 Å². The van der Waals surface area contributed by atoms with Crippen LogP contribution in [0.2, 0.25) is 0 Å². The Labute approximate surface area is 72.1 Å². The number of halogens is 2. The molecule has 0 N–H and O–H groups in total. The maximum Gasteiger partial charge on any atom is 0.216 e. The zero-order chi connectivity index (χ0) is 7.84. The first-order valence-electron chi connectivity index (χ1n) is 3.26. The first-order valence-corrected chi connectivity index (χ1v) is 4.05. The molecule has 2 rings (SSSR count). The summed E-state index contributed by atoms with van der Waals surface area (Å²) in [5.41, 5.74) is 1.59. The van der Waals surface area contributed by atoms with Crippen LogP contribution in [0.4, 0.5) is 4.39 Å². The number of aliphatic imine (C=N–C) groups is 1. The highest BCUT2D eigenvalue weighted by Crippen LogP contribution is 2.23. The molecule has 1 aromatic carbocycles. The van der Waals surface area contributed by atoms with Crippen molar-refractivity contribution in [2.24, 2.45) is 4.99 Å². The van der Waals surface area contributed by atoms with Gasteiger partial charge in [0.05, 0.1) is 6.54 Å². The molecule has 3 heteroatoms. The molecule has 0 aromatic heterocycles. The smallest absolute Gasteiger partial charge is 0.216 e. The van der Waals surface area contributed by atoms with Crippen LogP contribution in [0.1, 0.15) is 11.1 Å².